The molecule has 0 radical (unpaired) electrons. The smallest absolute Gasteiger partial charge is 0.262 e. The van der Waals surface area contributed by atoms with E-state index < -0.39 is 29.7 Å². The number of fused-ring (bicyclic) bond motifs is 3. The Hall–Kier alpha value is -6.16. The van der Waals surface area contributed by atoms with E-state index in [1.807, 2.05) is 29.1 Å². The summed E-state index contributed by atoms with van der Waals surface area (Å²) in [5.41, 5.74) is 3.63. The Balaban J connectivity index is 0.793. The number of methoxy groups -OCH3 is 1. The Morgan fingerprint density at radius 2 is 1.83 bits per heavy atom. The lowest BCUT2D eigenvalue weighted by Crippen LogP contribution is -2.54. The molecule has 16 heteroatoms. The minimum absolute atomic E-state index is 0.0894. The second-order valence-electron chi connectivity index (χ2n) is 14.1. The number of hydrogen-bond acceptors (Lipinski definition) is 11. The number of amides is 5. The van der Waals surface area contributed by atoms with Crippen molar-refractivity contribution in [1.29, 1.82) is 0 Å². The van der Waals surface area contributed by atoms with Crippen molar-refractivity contribution in [3.05, 3.63) is 77.9 Å². The van der Waals surface area contributed by atoms with Gasteiger partial charge in [0.2, 0.25) is 11.8 Å². The minimum atomic E-state index is -0.975. The highest BCUT2D eigenvalue weighted by atomic mass is 16.5. The highest BCUT2D eigenvalue weighted by molar-refractivity contribution is 6.23. The maximum absolute atomic E-state index is 13.3. The predicted octanol–water partition coefficient (Wildman–Crippen LogP) is 2.51. The Kier molecular flexibility index (Phi) is 7.91. The number of benzene rings is 2. The van der Waals surface area contributed by atoms with E-state index in [1.54, 1.807) is 42.2 Å². The van der Waals surface area contributed by atoms with Crippen LogP contribution in [0.15, 0.2) is 61.2 Å². The second kappa shape index (κ2) is 12.8. The van der Waals surface area contributed by atoms with Crippen LogP contribution in [0.2, 0.25) is 0 Å². The maximum Gasteiger partial charge on any atom is 0.262 e. The highest BCUT2D eigenvalue weighted by Crippen LogP contribution is 2.35. The molecule has 3 saturated heterocycles. The Labute approximate surface area is 302 Å². The zero-order chi connectivity index (χ0) is 36.4. The van der Waals surface area contributed by atoms with Crippen LogP contribution in [0.5, 0.6) is 5.75 Å². The molecule has 1 unspecified atom stereocenters. The van der Waals surface area contributed by atoms with Gasteiger partial charge in [-0.25, -0.2) is 9.50 Å². The number of nitrogens with zero attached hydrogens (tertiary/aromatic N) is 8. The topological polar surface area (TPSA) is 176 Å². The van der Waals surface area contributed by atoms with Gasteiger partial charge >= 0.3 is 0 Å². The van der Waals surface area contributed by atoms with Crippen molar-refractivity contribution in [2.75, 3.05) is 50.1 Å². The van der Waals surface area contributed by atoms with Crippen molar-refractivity contribution in [2.45, 2.75) is 37.8 Å². The van der Waals surface area contributed by atoms with Gasteiger partial charge in [0.05, 0.1) is 41.7 Å². The number of ether oxygens (including phenoxy) is 1. The summed E-state index contributed by atoms with van der Waals surface area (Å²) in [4.78, 5) is 73.6. The molecule has 1 atom stereocenters. The number of likely N-dealkylation sites (tertiary alicyclic amines) is 1. The molecule has 3 aromatic heterocycles. The summed E-state index contributed by atoms with van der Waals surface area (Å²) in [6, 6.07) is 10.0. The Morgan fingerprint density at radius 1 is 1.02 bits per heavy atom. The molecule has 53 heavy (non-hydrogen) atoms. The average Bonchev–Trinajstić information content (AvgIpc) is 3.83. The van der Waals surface area contributed by atoms with Gasteiger partial charge in [-0.15, -0.1) is 0 Å². The van der Waals surface area contributed by atoms with Crippen LogP contribution < -0.4 is 20.3 Å². The van der Waals surface area contributed by atoms with E-state index in [0.29, 0.717) is 39.7 Å². The van der Waals surface area contributed by atoms with Gasteiger partial charge in [0.25, 0.3) is 17.7 Å². The lowest BCUT2D eigenvalue weighted by molar-refractivity contribution is -0.136. The lowest BCUT2D eigenvalue weighted by atomic mass is 9.93. The van der Waals surface area contributed by atoms with Crippen molar-refractivity contribution in [3.63, 3.8) is 0 Å². The number of carbonyl (C=O) groups excluding carboxylic acids is 5. The van der Waals surface area contributed by atoms with Gasteiger partial charge in [-0.2, -0.15) is 10.2 Å². The molecule has 2 aromatic carbocycles. The summed E-state index contributed by atoms with van der Waals surface area (Å²) in [6.07, 6.45) is 9.09. The van der Waals surface area contributed by atoms with Gasteiger partial charge in [0, 0.05) is 74.9 Å². The quantitative estimate of drug-likeness (QED) is 0.226. The fraction of sp³-hybridized carbons (Fsp3) is 0.351. The lowest BCUT2D eigenvalue weighted by Gasteiger charge is -2.43. The highest BCUT2D eigenvalue weighted by Gasteiger charge is 2.45. The molecule has 0 aliphatic carbocycles. The van der Waals surface area contributed by atoms with Gasteiger partial charge < -0.3 is 15.0 Å². The summed E-state index contributed by atoms with van der Waals surface area (Å²) in [5.74, 6) is -1.28. The average molecular weight is 717 g/mol. The summed E-state index contributed by atoms with van der Waals surface area (Å²) in [5, 5.41) is 15.1. The van der Waals surface area contributed by atoms with E-state index in [0.717, 1.165) is 67.1 Å². The first-order valence-electron chi connectivity index (χ1n) is 17.7. The Bertz CT molecular complexity index is 2340. The molecule has 3 fully saturated rings. The van der Waals surface area contributed by atoms with Crippen LogP contribution in [0, 0.1) is 5.92 Å². The molecule has 0 bridgehead atoms. The van der Waals surface area contributed by atoms with Crippen molar-refractivity contribution < 1.29 is 28.7 Å². The molecular weight excluding hydrogens is 680 g/mol. The molecule has 9 rings (SSSR count). The fourth-order valence-corrected chi connectivity index (χ4v) is 7.96. The van der Waals surface area contributed by atoms with Crippen LogP contribution >= 0.6 is 0 Å². The largest absolute Gasteiger partial charge is 0.494 e. The Morgan fingerprint density at radius 3 is 2.62 bits per heavy atom. The summed E-state index contributed by atoms with van der Waals surface area (Å²) >= 11 is 0. The van der Waals surface area contributed by atoms with Crippen LogP contribution in [0.4, 0.5) is 11.4 Å². The van der Waals surface area contributed by atoms with Crippen LogP contribution in [0.3, 0.4) is 0 Å². The standard InChI is InChI=1S/C37H36N10O6/c1-53-31-15-28-22(13-29(31)40-34(49)27-16-39-45-10-2-9-38-33(27)45)18-46(42-28)24-19-43(20-24)17-21-7-11-44(12-8-21)23-3-4-25-26(14-23)37(52)47(36(25)51)30-5-6-32(48)41-35(30)50/h2-4,9-10,13-16,18,21,24,30H,5-8,11-12,17,19-20H2,1H3,(H,40,49)(H,41,48,50). The van der Waals surface area contributed by atoms with Gasteiger partial charge in [0.15, 0.2) is 5.65 Å². The van der Waals surface area contributed by atoms with E-state index in [2.05, 4.69) is 30.5 Å². The minimum Gasteiger partial charge on any atom is -0.494 e. The van der Waals surface area contributed by atoms with Crippen molar-refractivity contribution >= 4 is 57.5 Å². The number of rotatable bonds is 8. The van der Waals surface area contributed by atoms with Crippen LogP contribution in [0.25, 0.3) is 16.6 Å². The monoisotopic (exact) mass is 716 g/mol. The maximum atomic E-state index is 13.3. The normalized spacial score (nSPS) is 19.9. The first kappa shape index (κ1) is 32.7. The molecule has 2 N–H and O–H groups in total. The first-order chi connectivity index (χ1) is 25.7. The molecule has 5 amide bonds. The number of anilines is 2. The predicted molar refractivity (Wildman–Crippen MR) is 191 cm³/mol. The molecule has 5 aromatic rings. The van der Waals surface area contributed by atoms with Crippen LogP contribution in [0.1, 0.15) is 62.8 Å². The number of aromatic nitrogens is 5. The SMILES string of the molecule is COc1cc2nn(C3CN(CC4CCN(c5ccc6c(c5)C(=O)N(C5CCC(=O)NC5=O)C6=O)CC4)C3)cc2cc1NC(=O)c1cnn2cccnc12. The van der Waals surface area contributed by atoms with Gasteiger partial charge in [-0.1, -0.05) is 0 Å². The number of carbonyl (C=O) groups is 5. The molecule has 270 valence electrons. The van der Waals surface area contributed by atoms with Crippen LogP contribution in [-0.2, 0) is 9.59 Å². The molecule has 0 spiro atoms. The third-order valence-corrected chi connectivity index (χ3v) is 10.8. The van der Waals surface area contributed by atoms with Gasteiger partial charge in [-0.3, -0.25) is 43.8 Å². The van der Waals surface area contributed by atoms with E-state index in [1.165, 1.54) is 6.20 Å². The third kappa shape index (κ3) is 5.74. The molecule has 4 aliphatic heterocycles. The molecular formula is C37H36N10O6. The number of imide groups is 2. The van der Waals surface area contributed by atoms with Crippen molar-refractivity contribution in [2.24, 2.45) is 5.92 Å². The zero-order valence-electron chi connectivity index (χ0n) is 28.9. The summed E-state index contributed by atoms with van der Waals surface area (Å²) < 4.78 is 9.16. The summed E-state index contributed by atoms with van der Waals surface area (Å²) in [6.45, 7) is 4.44. The number of piperidine rings is 2. The van der Waals surface area contributed by atoms with E-state index in [4.69, 9.17) is 9.84 Å². The number of hydrogen-bond donors (Lipinski definition) is 2. The summed E-state index contributed by atoms with van der Waals surface area (Å²) in [7, 11) is 1.56. The van der Waals surface area contributed by atoms with Gasteiger partial charge in [-0.05, 0) is 55.5 Å². The zero-order valence-corrected chi connectivity index (χ0v) is 28.9. The first-order valence-corrected chi connectivity index (χ1v) is 17.7. The van der Waals surface area contributed by atoms with E-state index in [9.17, 15) is 24.0 Å². The van der Waals surface area contributed by atoms with Gasteiger partial charge in [0.1, 0.15) is 17.4 Å². The molecule has 7 heterocycles. The molecule has 4 aliphatic rings. The van der Waals surface area contributed by atoms with E-state index in [-0.39, 0.29) is 24.8 Å². The van der Waals surface area contributed by atoms with E-state index >= 15 is 0 Å². The fourth-order valence-electron chi connectivity index (χ4n) is 7.96. The second-order valence-corrected chi connectivity index (χ2v) is 14.1. The number of nitrogens with one attached hydrogen (secondary N) is 2. The van der Waals surface area contributed by atoms with Crippen molar-refractivity contribution in [3.8, 4) is 5.75 Å². The van der Waals surface area contributed by atoms with Crippen molar-refractivity contribution in [1.82, 2.24) is 39.5 Å². The van der Waals surface area contributed by atoms with Crippen LogP contribution in [-0.4, -0.2) is 110 Å². The molecule has 16 nitrogen and oxygen atoms in total. The third-order valence-electron chi connectivity index (χ3n) is 10.8. The molecule has 0 saturated carbocycles.